The third-order valence-corrected chi connectivity index (χ3v) is 3.63. The van der Waals surface area contributed by atoms with Crippen LogP contribution in [0.3, 0.4) is 0 Å². The summed E-state index contributed by atoms with van der Waals surface area (Å²) in [6.07, 6.45) is 3.24. The Kier molecular flexibility index (Phi) is 4.27. The minimum atomic E-state index is -1.02. The van der Waals surface area contributed by atoms with Gasteiger partial charge in [0.2, 0.25) is 0 Å². The van der Waals surface area contributed by atoms with E-state index in [1.54, 1.807) is 16.9 Å². The Balaban J connectivity index is 1.90. The topological polar surface area (TPSA) is 77.2 Å². The molecule has 0 spiro atoms. The van der Waals surface area contributed by atoms with Crippen molar-refractivity contribution in [2.24, 2.45) is 0 Å². The normalized spacial score (nSPS) is 11.0. The van der Waals surface area contributed by atoms with Crippen LogP contribution in [0.5, 0.6) is 0 Å². The Morgan fingerprint density at radius 1 is 1.39 bits per heavy atom. The number of ether oxygens (including phenoxy) is 1. The lowest BCUT2D eigenvalue weighted by Crippen LogP contribution is -2.02. The number of hydrogen-bond donors (Lipinski definition) is 1. The number of aromatic carboxylic acids is 1. The van der Waals surface area contributed by atoms with Crippen LogP contribution in [0.4, 0.5) is 0 Å². The van der Waals surface area contributed by atoms with E-state index >= 15 is 0 Å². The van der Waals surface area contributed by atoms with Crippen LogP contribution in [0.25, 0.3) is 10.9 Å². The van der Waals surface area contributed by atoms with E-state index in [0.29, 0.717) is 17.3 Å². The molecule has 118 valence electrons. The van der Waals surface area contributed by atoms with E-state index in [9.17, 15) is 9.90 Å². The second kappa shape index (κ2) is 6.36. The van der Waals surface area contributed by atoms with Crippen LogP contribution in [0.1, 0.15) is 21.6 Å². The van der Waals surface area contributed by atoms with Gasteiger partial charge in [-0.15, -0.1) is 0 Å². The predicted molar refractivity (Wildman–Crippen MR) is 85.8 cm³/mol. The van der Waals surface area contributed by atoms with Crippen molar-refractivity contribution in [3.63, 3.8) is 0 Å². The number of carbonyl (C=O) groups is 1. The number of methoxy groups -OCH3 is 1. The highest BCUT2D eigenvalue weighted by Gasteiger charge is 2.15. The Morgan fingerprint density at radius 3 is 2.96 bits per heavy atom. The first-order valence-electron chi connectivity index (χ1n) is 6.89. The van der Waals surface area contributed by atoms with E-state index in [4.69, 9.17) is 16.3 Å². The van der Waals surface area contributed by atoms with E-state index in [-0.39, 0.29) is 12.2 Å². The van der Waals surface area contributed by atoms with Crippen LogP contribution in [0.15, 0.2) is 36.7 Å². The Bertz CT molecular complexity index is 876. The van der Waals surface area contributed by atoms with Crippen LogP contribution in [-0.2, 0) is 17.9 Å². The van der Waals surface area contributed by atoms with Crippen molar-refractivity contribution in [2.45, 2.75) is 13.2 Å². The molecule has 0 bridgehead atoms. The number of aromatic nitrogens is 3. The zero-order valence-electron chi connectivity index (χ0n) is 12.4. The van der Waals surface area contributed by atoms with Gasteiger partial charge in [0.1, 0.15) is 11.3 Å². The molecule has 0 saturated carbocycles. The molecule has 0 aliphatic carbocycles. The summed E-state index contributed by atoms with van der Waals surface area (Å²) >= 11 is 5.95. The van der Waals surface area contributed by atoms with Gasteiger partial charge in [-0.05, 0) is 23.8 Å². The first kappa shape index (κ1) is 15.5. The number of carboxylic acids is 1. The predicted octanol–water partition coefficient (Wildman–Crippen LogP) is 2.98. The zero-order valence-corrected chi connectivity index (χ0v) is 13.1. The molecule has 0 aliphatic heterocycles. The highest BCUT2D eigenvalue weighted by Crippen LogP contribution is 2.19. The van der Waals surface area contributed by atoms with E-state index in [1.165, 1.54) is 13.3 Å². The third kappa shape index (κ3) is 3.33. The minimum Gasteiger partial charge on any atom is -0.478 e. The molecule has 0 radical (unpaired) electrons. The highest BCUT2D eigenvalue weighted by molar-refractivity contribution is 6.31. The van der Waals surface area contributed by atoms with Crippen LogP contribution < -0.4 is 0 Å². The Hall–Kier alpha value is -2.44. The fourth-order valence-corrected chi connectivity index (χ4v) is 2.54. The monoisotopic (exact) mass is 331 g/mol. The molecular weight excluding hydrogens is 318 g/mol. The molecule has 0 atom stereocenters. The molecule has 2 aromatic heterocycles. The average molecular weight is 332 g/mol. The molecule has 0 unspecified atom stereocenters. The van der Waals surface area contributed by atoms with Gasteiger partial charge >= 0.3 is 5.97 Å². The summed E-state index contributed by atoms with van der Waals surface area (Å²) in [5, 5.41) is 15.1. The van der Waals surface area contributed by atoms with Crippen molar-refractivity contribution < 1.29 is 14.6 Å². The average Bonchev–Trinajstić information content (AvgIpc) is 2.91. The summed E-state index contributed by atoms with van der Waals surface area (Å²) in [5.41, 5.74) is 2.28. The third-order valence-electron chi connectivity index (χ3n) is 3.40. The van der Waals surface area contributed by atoms with Gasteiger partial charge in [0, 0.05) is 29.9 Å². The van der Waals surface area contributed by atoms with E-state index < -0.39 is 5.97 Å². The Labute approximate surface area is 137 Å². The van der Waals surface area contributed by atoms with Gasteiger partial charge in [-0.2, -0.15) is 5.10 Å². The van der Waals surface area contributed by atoms with Gasteiger partial charge in [0.05, 0.1) is 18.7 Å². The van der Waals surface area contributed by atoms with Crippen molar-refractivity contribution in [2.75, 3.05) is 7.11 Å². The smallest absolute Gasteiger partial charge is 0.339 e. The van der Waals surface area contributed by atoms with Crippen molar-refractivity contribution in [1.82, 2.24) is 14.8 Å². The lowest BCUT2D eigenvalue weighted by Gasteiger charge is -2.04. The molecular formula is C16H14ClN3O3. The summed E-state index contributed by atoms with van der Waals surface area (Å²) in [4.78, 5) is 15.6. The van der Waals surface area contributed by atoms with Crippen LogP contribution in [-0.4, -0.2) is 33.0 Å². The van der Waals surface area contributed by atoms with Gasteiger partial charge in [0.25, 0.3) is 0 Å². The molecule has 1 N–H and O–H groups in total. The van der Waals surface area contributed by atoms with Gasteiger partial charge in [-0.3, -0.25) is 9.67 Å². The van der Waals surface area contributed by atoms with Gasteiger partial charge in [-0.1, -0.05) is 17.7 Å². The maximum Gasteiger partial charge on any atom is 0.339 e. The maximum absolute atomic E-state index is 11.2. The molecule has 7 heteroatoms. The molecule has 0 fully saturated rings. The van der Waals surface area contributed by atoms with Crippen molar-refractivity contribution >= 4 is 28.5 Å². The summed E-state index contributed by atoms with van der Waals surface area (Å²) in [7, 11) is 1.50. The quantitative estimate of drug-likeness (QED) is 0.777. The molecule has 6 nitrogen and oxygen atoms in total. The lowest BCUT2D eigenvalue weighted by atomic mass is 10.1. The largest absolute Gasteiger partial charge is 0.478 e. The SMILES string of the molecule is COCc1nn(Cc2cnc3cc(Cl)ccc3c2)cc1C(=O)O. The molecule has 3 aromatic rings. The van der Waals surface area contributed by atoms with Crippen LogP contribution >= 0.6 is 11.6 Å². The van der Waals surface area contributed by atoms with Crippen LogP contribution in [0, 0.1) is 0 Å². The van der Waals surface area contributed by atoms with Crippen molar-refractivity contribution in [1.29, 1.82) is 0 Å². The second-order valence-corrected chi connectivity index (χ2v) is 5.54. The number of benzene rings is 1. The van der Waals surface area contributed by atoms with Crippen molar-refractivity contribution in [3.05, 3.63) is 58.5 Å². The number of nitrogens with zero attached hydrogens (tertiary/aromatic N) is 3. The summed E-state index contributed by atoms with van der Waals surface area (Å²) < 4.78 is 6.57. The van der Waals surface area contributed by atoms with Gasteiger partial charge < -0.3 is 9.84 Å². The summed E-state index contributed by atoms with van der Waals surface area (Å²) in [5.74, 6) is -1.02. The summed E-state index contributed by atoms with van der Waals surface area (Å²) in [6, 6.07) is 7.49. The highest BCUT2D eigenvalue weighted by atomic mass is 35.5. The number of pyridine rings is 1. The number of rotatable bonds is 5. The molecule has 1 aromatic carbocycles. The molecule has 2 heterocycles. The Morgan fingerprint density at radius 2 is 2.22 bits per heavy atom. The van der Waals surface area contributed by atoms with Gasteiger partial charge in [0.15, 0.2) is 0 Å². The van der Waals surface area contributed by atoms with Gasteiger partial charge in [-0.25, -0.2) is 4.79 Å². The molecule has 0 saturated heterocycles. The first-order chi connectivity index (χ1) is 11.1. The molecule has 3 rings (SSSR count). The summed E-state index contributed by atoms with van der Waals surface area (Å²) in [6.45, 7) is 0.582. The zero-order chi connectivity index (χ0) is 16.4. The second-order valence-electron chi connectivity index (χ2n) is 5.11. The number of hydrogen-bond acceptors (Lipinski definition) is 4. The van der Waals surface area contributed by atoms with E-state index in [0.717, 1.165) is 16.5 Å². The fourth-order valence-electron chi connectivity index (χ4n) is 2.38. The van der Waals surface area contributed by atoms with E-state index in [2.05, 4.69) is 10.1 Å². The number of carboxylic acid groups (broad SMARTS) is 1. The lowest BCUT2D eigenvalue weighted by molar-refractivity contribution is 0.0691. The molecule has 23 heavy (non-hydrogen) atoms. The molecule has 0 amide bonds. The first-order valence-corrected chi connectivity index (χ1v) is 7.27. The van der Waals surface area contributed by atoms with E-state index in [1.807, 2.05) is 18.2 Å². The number of fused-ring (bicyclic) bond motifs is 1. The number of halogens is 1. The molecule has 0 aliphatic rings. The maximum atomic E-state index is 11.2. The fraction of sp³-hybridized carbons (Fsp3) is 0.188. The minimum absolute atomic E-state index is 0.146. The van der Waals surface area contributed by atoms with Crippen LogP contribution in [0.2, 0.25) is 5.02 Å². The van der Waals surface area contributed by atoms with Crippen molar-refractivity contribution in [3.8, 4) is 0 Å². The standard InChI is InChI=1S/C16H14ClN3O3/c1-23-9-15-13(16(21)22)8-20(19-15)7-10-4-11-2-3-12(17)5-14(11)18-6-10/h2-6,8H,7,9H2,1H3,(H,21,22).